The molecule has 27 heavy (non-hydrogen) atoms. The lowest BCUT2D eigenvalue weighted by atomic mass is 10.1. The zero-order valence-electron chi connectivity index (χ0n) is 16.7. The van der Waals surface area contributed by atoms with Crippen molar-refractivity contribution >= 4 is 5.91 Å². The Labute approximate surface area is 163 Å². The summed E-state index contributed by atoms with van der Waals surface area (Å²) in [6, 6.07) is 16.0. The minimum absolute atomic E-state index is 0.148. The summed E-state index contributed by atoms with van der Waals surface area (Å²) < 4.78 is 11.4. The first-order chi connectivity index (χ1) is 13.2. The highest BCUT2D eigenvalue weighted by Crippen LogP contribution is 2.26. The molecule has 0 N–H and O–H groups in total. The Hall–Kier alpha value is -2.49. The molecule has 0 unspecified atom stereocenters. The van der Waals surface area contributed by atoms with Crippen LogP contribution >= 0.6 is 0 Å². The summed E-state index contributed by atoms with van der Waals surface area (Å²) in [6.45, 7) is 6.40. The Morgan fingerprint density at radius 1 is 1.00 bits per heavy atom. The number of nitrogens with zero attached hydrogens (tertiary/aromatic N) is 1. The fraction of sp³-hybridized carbons (Fsp3) is 0.435. The Morgan fingerprint density at radius 3 is 2.33 bits per heavy atom. The fourth-order valence-corrected chi connectivity index (χ4v) is 3.07. The molecule has 0 bridgehead atoms. The van der Waals surface area contributed by atoms with Gasteiger partial charge in [0.25, 0.3) is 0 Å². The predicted molar refractivity (Wildman–Crippen MR) is 110 cm³/mol. The van der Waals surface area contributed by atoms with E-state index in [2.05, 4.69) is 26.0 Å². The van der Waals surface area contributed by atoms with Crippen molar-refractivity contribution in [3.63, 3.8) is 0 Å². The van der Waals surface area contributed by atoms with Crippen molar-refractivity contribution < 1.29 is 14.3 Å². The number of benzene rings is 2. The molecule has 4 heteroatoms. The van der Waals surface area contributed by atoms with Crippen molar-refractivity contribution in [1.82, 2.24) is 4.90 Å². The normalized spacial score (nSPS) is 10.5. The van der Waals surface area contributed by atoms with Crippen LogP contribution in [0.15, 0.2) is 48.5 Å². The molecule has 0 radical (unpaired) electrons. The van der Waals surface area contributed by atoms with Crippen molar-refractivity contribution in [3.05, 3.63) is 59.7 Å². The third-order valence-electron chi connectivity index (χ3n) is 4.44. The van der Waals surface area contributed by atoms with Crippen molar-refractivity contribution in [2.24, 2.45) is 0 Å². The van der Waals surface area contributed by atoms with E-state index in [9.17, 15) is 4.79 Å². The molecule has 4 nitrogen and oxygen atoms in total. The van der Waals surface area contributed by atoms with E-state index in [0.717, 1.165) is 43.7 Å². The topological polar surface area (TPSA) is 38.8 Å². The van der Waals surface area contributed by atoms with Gasteiger partial charge in [-0.15, -0.1) is 0 Å². The summed E-state index contributed by atoms with van der Waals surface area (Å²) in [7, 11) is 1.63. The van der Waals surface area contributed by atoms with Gasteiger partial charge in [0.05, 0.1) is 20.1 Å². The second kappa shape index (κ2) is 11.3. The first-order valence-corrected chi connectivity index (χ1v) is 9.79. The second-order valence-electron chi connectivity index (χ2n) is 6.62. The number of hydrogen-bond donors (Lipinski definition) is 0. The molecule has 0 aliphatic heterocycles. The maximum atomic E-state index is 12.6. The summed E-state index contributed by atoms with van der Waals surface area (Å²) in [5.41, 5.74) is 2.15. The monoisotopic (exact) mass is 369 g/mol. The van der Waals surface area contributed by atoms with E-state index >= 15 is 0 Å². The Morgan fingerprint density at radius 2 is 1.70 bits per heavy atom. The standard InChI is InChI=1S/C23H31NO3/c1-4-14-24(15-5-2)23(25)17-20-11-12-21(18-22(20)26-3)27-16-13-19-9-7-6-8-10-19/h6-12,18H,4-5,13-17H2,1-3H3. The van der Waals surface area contributed by atoms with Crippen molar-refractivity contribution in [3.8, 4) is 11.5 Å². The van der Waals surface area contributed by atoms with Crippen LogP contribution in [-0.4, -0.2) is 37.6 Å². The van der Waals surface area contributed by atoms with E-state index in [1.165, 1.54) is 5.56 Å². The number of ether oxygens (including phenoxy) is 2. The fourth-order valence-electron chi connectivity index (χ4n) is 3.07. The minimum Gasteiger partial charge on any atom is -0.496 e. The molecule has 0 fully saturated rings. The Kier molecular flexibility index (Phi) is 8.69. The number of hydrogen-bond acceptors (Lipinski definition) is 3. The van der Waals surface area contributed by atoms with Gasteiger partial charge < -0.3 is 14.4 Å². The average molecular weight is 370 g/mol. The molecule has 2 aromatic rings. The van der Waals surface area contributed by atoms with Gasteiger partial charge in [-0.05, 0) is 24.5 Å². The van der Waals surface area contributed by atoms with Gasteiger partial charge in [-0.25, -0.2) is 0 Å². The summed E-state index contributed by atoms with van der Waals surface area (Å²) in [6.07, 6.45) is 3.15. The number of rotatable bonds is 11. The lowest BCUT2D eigenvalue weighted by molar-refractivity contribution is -0.130. The maximum absolute atomic E-state index is 12.6. The largest absolute Gasteiger partial charge is 0.496 e. The summed E-state index contributed by atoms with van der Waals surface area (Å²) in [5, 5.41) is 0. The van der Waals surface area contributed by atoms with Crippen LogP contribution in [0.4, 0.5) is 0 Å². The molecule has 0 saturated carbocycles. The van der Waals surface area contributed by atoms with E-state index in [0.29, 0.717) is 18.8 Å². The highest BCUT2D eigenvalue weighted by atomic mass is 16.5. The number of amides is 1. The van der Waals surface area contributed by atoms with Gasteiger partial charge in [0.2, 0.25) is 5.91 Å². The lowest BCUT2D eigenvalue weighted by Crippen LogP contribution is -2.33. The predicted octanol–water partition coefficient (Wildman–Crippen LogP) is 4.51. The SMILES string of the molecule is CCCN(CCC)C(=O)Cc1ccc(OCCc2ccccc2)cc1OC. The van der Waals surface area contributed by atoms with Crippen LogP contribution in [0.1, 0.15) is 37.8 Å². The van der Waals surface area contributed by atoms with Crippen LogP contribution in [0.5, 0.6) is 11.5 Å². The van der Waals surface area contributed by atoms with Gasteiger partial charge in [-0.1, -0.05) is 50.2 Å². The third kappa shape index (κ3) is 6.63. The highest BCUT2D eigenvalue weighted by Gasteiger charge is 2.15. The van der Waals surface area contributed by atoms with Crippen LogP contribution in [0.3, 0.4) is 0 Å². The summed E-state index contributed by atoms with van der Waals surface area (Å²) >= 11 is 0. The third-order valence-corrected chi connectivity index (χ3v) is 4.44. The van der Waals surface area contributed by atoms with Crippen LogP contribution in [-0.2, 0) is 17.6 Å². The van der Waals surface area contributed by atoms with E-state index in [1.54, 1.807) is 7.11 Å². The van der Waals surface area contributed by atoms with Gasteiger partial charge in [-0.2, -0.15) is 0 Å². The molecule has 0 aliphatic carbocycles. The van der Waals surface area contributed by atoms with E-state index < -0.39 is 0 Å². The molecule has 2 aromatic carbocycles. The van der Waals surface area contributed by atoms with E-state index in [-0.39, 0.29) is 5.91 Å². The van der Waals surface area contributed by atoms with Gasteiger partial charge in [-0.3, -0.25) is 4.79 Å². The molecule has 2 rings (SSSR count). The minimum atomic E-state index is 0.148. The van der Waals surface area contributed by atoms with Gasteiger partial charge in [0, 0.05) is 31.1 Å². The van der Waals surface area contributed by atoms with Gasteiger partial charge in [0.1, 0.15) is 11.5 Å². The molecule has 1 amide bonds. The quantitative estimate of drug-likeness (QED) is 0.585. The van der Waals surface area contributed by atoms with Gasteiger partial charge >= 0.3 is 0 Å². The van der Waals surface area contributed by atoms with E-state index in [1.807, 2.05) is 41.3 Å². The van der Waals surface area contributed by atoms with E-state index in [4.69, 9.17) is 9.47 Å². The molecule has 0 heterocycles. The second-order valence-corrected chi connectivity index (χ2v) is 6.62. The number of methoxy groups -OCH3 is 1. The molecule has 0 aromatic heterocycles. The maximum Gasteiger partial charge on any atom is 0.227 e. The summed E-state index contributed by atoms with van der Waals surface area (Å²) in [5.74, 6) is 1.61. The zero-order valence-corrected chi connectivity index (χ0v) is 16.7. The zero-order chi connectivity index (χ0) is 19.5. The molecule has 146 valence electrons. The van der Waals surface area contributed by atoms with Crippen LogP contribution in [0.25, 0.3) is 0 Å². The highest BCUT2D eigenvalue weighted by molar-refractivity contribution is 5.79. The molecule has 0 atom stereocenters. The first kappa shape index (κ1) is 20.8. The number of carbonyl (C=O) groups is 1. The average Bonchev–Trinajstić information content (AvgIpc) is 2.69. The van der Waals surface area contributed by atoms with Crippen molar-refractivity contribution in [2.45, 2.75) is 39.5 Å². The molecule has 0 saturated heterocycles. The first-order valence-electron chi connectivity index (χ1n) is 9.79. The Balaban J connectivity index is 1.97. The number of carbonyl (C=O) groups excluding carboxylic acids is 1. The van der Waals surface area contributed by atoms with Crippen molar-refractivity contribution in [1.29, 1.82) is 0 Å². The summed E-state index contributed by atoms with van der Waals surface area (Å²) in [4.78, 5) is 14.5. The lowest BCUT2D eigenvalue weighted by Gasteiger charge is -2.22. The Bertz CT molecular complexity index is 694. The van der Waals surface area contributed by atoms with Crippen LogP contribution in [0.2, 0.25) is 0 Å². The molecular formula is C23H31NO3. The molecular weight excluding hydrogens is 338 g/mol. The molecule has 0 spiro atoms. The smallest absolute Gasteiger partial charge is 0.227 e. The van der Waals surface area contributed by atoms with Crippen molar-refractivity contribution in [2.75, 3.05) is 26.8 Å². The van der Waals surface area contributed by atoms with Crippen LogP contribution in [0, 0.1) is 0 Å². The van der Waals surface area contributed by atoms with Crippen LogP contribution < -0.4 is 9.47 Å². The molecule has 0 aliphatic rings. The van der Waals surface area contributed by atoms with Gasteiger partial charge in [0.15, 0.2) is 0 Å².